The Morgan fingerprint density at radius 1 is 1.26 bits per heavy atom. The first-order chi connectivity index (χ1) is 8.70. The molecule has 0 aromatic heterocycles. The normalized spacial score (nSPS) is 14.6. The van der Waals surface area contributed by atoms with Crippen molar-refractivity contribution in [3.05, 3.63) is 29.8 Å². The number of hydrogen-bond acceptors (Lipinski definition) is 3. The van der Waals surface area contributed by atoms with Crippen LogP contribution in [-0.4, -0.2) is 22.7 Å². The summed E-state index contributed by atoms with van der Waals surface area (Å²) in [6.07, 6.45) is -1.24. The number of rotatable bonds is 4. The van der Waals surface area contributed by atoms with Crippen LogP contribution in [0.2, 0.25) is 0 Å². The number of nitrogens with one attached hydrogen (secondary N) is 1. The smallest absolute Gasteiger partial charge is 0.261 e. The highest BCUT2D eigenvalue weighted by molar-refractivity contribution is 5.81. The Kier molecular flexibility index (Phi) is 4.95. The molecule has 0 spiro atoms. The molecule has 106 valence electrons. The molecule has 0 fully saturated rings. The number of aliphatic hydroxyl groups excluding tert-OH is 1. The lowest BCUT2D eigenvalue weighted by Crippen LogP contribution is -2.46. The van der Waals surface area contributed by atoms with Gasteiger partial charge in [-0.25, -0.2) is 0 Å². The molecule has 2 N–H and O–H groups in total. The molecule has 0 bridgehead atoms. The van der Waals surface area contributed by atoms with Crippen LogP contribution in [0.25, 0.3) is 0 Å². The van der Waals surface area contributed by atoms with Gasteiger partial charge in [0, 0.05) is 11.1 Å². The number of ether oxygens (including phenoxy) is 1. The second-order valence-corrected chi connectivity index (χ2v) is 5.71. The second-order valence-electron chi connectivity index (χ2n) is 5.71. The van der Waals surface area contributed by atoms with Crippen LogP contribution in [-0.2, 0) is 4.79 Å². The molecular formula is C15H23NO3. The minimum atomic E-state index is -0.630. The van der Waals surface area contributed by atoms with Crippen molar-refractivity contribution in [2.45, 2.75) is 52.4 Å². The van der Waals surface area contributed by atoms with Gasteiger partial charge in [-0.3, -0.25) is 4.79 Å². The minimum Gasteiger partial charge on any atom is -0.481 e. The van der Waals surface area contributed by atoms with E-state index in [1.165, 1.54) is 0 Å². The van der Waals surface area contributed by atoms with Crippen molar-refractivity contribution in [3.8, 4) is 5.75 Å². The molecule has 1 rings (SSSR count). The average molecular weight is 265 g/mol. The summed E-state index contributed by atoms with van der Waals surface area (Å²) in [5.74, 6) is 0.363. The largest absolute Gasteiger partial charge is 0.481 e. The first kappa shape index (κ1) is 15.5. The fourth-order valence-corrected chi connectivity index (χ4v) is 1.65. The molecule has 4 heteroatoms. The summed E-state index contributed by atoms with van der Waals surface area (Å²) in [6, 6.07) is 7.18. The van der Waals surface area contributed by atoms with Gasteiger partial charge in [-0.1, -0.05) is 18.2 Å². The summed E-state index contributed by atoms with van der Waals surface area (Å²) >= 11 is 0. The van der Waals surface area contributed by atoms with Crippen LogP contribution in [0.1, 0.15) is 46.3 Å². The fraction of sp³-hybridized carbons (Fsp3) is 0.533. The third-order valence-electron chi connectivity index (χ3n) is 2.54. The van der Waals surface area contributed by atoms with E-state index >= 15 is 0 Å². The Hall–Kier alpha value is -1.55. The van der Waals surface area contributed by atoms with Crippen molar-refractivity contribution in [3.63, 3.8) is 0 Å². The highest BCUT2D eigenvalue weighted by Crippen LogP contribution is 2.25. The van der Waals surface area contributed by atoms with Gasteiger partial charge in [0.15, 0.2) is 6.10 Å². The number of benzene rings is 1. The van der Waals surface area contributed by atoms with Crippen LogP contribution in [0.5, 0.6) is 5.75 Å². The Labute approximate surface area is 114 Å². The number of amides is 1. The molecule has 0 saturated heterocycles. The van der Waals surface area contributed by atoms with E-state index in [9.17, 15) is 9.90 Å². The molecule has 0 aliphatic rings. The molecule has 2 atom stereocenters. The van der Waals surface area contributed by atoms with E-state index in [1.54, 1.807) is 26.0 Å². The molecule has 1 unspecified atom stereocenters. The highest BCUT2D eigenvalue weighted by atomic mass is 16.5. The van der Waals surface area contributed by atoms with Gasteiger partial charge in [0.05, 0.1) is 6.10 Å². The van der Waals surface area contributed by atoms with Gasteiger partial charge in [-0.2, -0.15) is 0 Å². The van der Waals surface area contributed by atoms with Crippen molar-refractivity contribution in [1.29, 1.82) is 0 Å². The van der Waals surface area contributed by atoms with E-state index in [4.69, 9.17) is 4.74 Å². The van der Waals surface area contributed by atoms with E-state index in [-0.39, 0.29) is 11.4 Å². The van der Waals surface area contributed by atoms with E-state index in [2.05, 4.69) is 5.32 Å². The summed E-state index contributed by atoms with van der Waals surface area (Å²) in [6.45, 7) is 9.12. The molecule has 4 nitrogen and oxygen atoms in total. The second kappa shape index (κ2) is 6.06. The molecule has 1 aromatic rings. The van der Waals surface area contributed by atoms with E-state index in [0.29, 0.717) is 11.3 Å². The topological polar surface area (TPSA) is 58.6 Å². The van der Waals surface area contributed by atoms with Gasteiger partial charge in [0.2, 0.25) is 0 Å². The predicted octanol–water partition coefficient (Wildman–Crippen LogP) is 2.42. The van der Waals surface area contributed by atoms with Gasteiger partial charge in [-0.05, 0) is 40.7 Å². The fourth-order valence-electron chi connectivity index (χ4n) is 1.65. The molecule has 1 aromatic carbocycles. The Bertz CT molecular complexity index is 435. The summed E-state index contributed by atoms with van der Waals surface area (Å²) in [7, 11) is 0. The van der Waals surface area contributed by atoms with Gasteiger partial charge >= 0.3 is 0 Å². The average Bonchev–Trinajstić information content (AvgIpc) is 2.27. The summed E-state index contributed by atoms with van der Waals surface area (Å²) < 4.78 is 5.64. The molecule has 1 amide bonds. The lowest BCUT2D eigenvalue weighted by Gasteiger charge is -2.24. The number of para-hydroxylation sites is 1. The van der Waals surface area contributed by atoms with E-state index in [1.807, 2.05) is 32.9 Å². The minimum absolute atomic E-state index is 0.173. The summed E-state index contributed by atoms with van der Waals surface area (Å²) in [5.41, 5.74) is 0.385. The zero-order valence-electron chi connectivity index (χ0n) is 12.2. The van der Waals surface area contributed by atoms with Crippen LogP contribution in [0.15, 0.2) is 24.3 Å². The lowest BCUT2D eigenvalue weighted by molar-refractivity contribution is -0.128. The first-order valence-corrected chi connectivity index (χ1v) is 6.46. The zero-order chi connectivity index (χ0) is 14.6. The Balaban J connectivity index is 2.77. The van der Waals surface area contributed by atoms with Crippen LogP contribution in [0.4, 0.5) is 0 Å². The summed E-state index contributed by atoms with van der Waals surface area (Å²) in [4.78, 5) is 11.9. The van der Waals surface area contributed by atoms with Crippen molar-refractivity contribution >= 4 is 5.91 Å². The monoisotopic (exact) mass is 265 g/mol. The predicted molar refractivity (Wildman–Crippen MR) is 75.1 cm³/mol. The lowest BCUT2D eigenvalue weighted by atomic mass is 10.1. The van der Waals surface area contributed by atoms with Crippen molar-refractivity contribution in [1.82, 2.24) is 5.32 Å². The Morgan fingerprint density at radius 3 is 2.37 bits per heavy atom. The van der Waals surface area contributed by atoms with Crippen LogP contribution in [0.3, 0.4) is 0 Å². The number of hydrogen-bond donors (Lipinski definition) is 2. The molecule has 0 saturated carbocycles. The number of aliphatic hydroxyl groups is 1. The third-order valence-corrected chi connectivity index (χ3v) is 2.54. The molecule has 19 heavy (non-hydrogen) atoms. The van der Waals surface area contributed by atoms with Crippen LogP contribution >= 0.6 is 0 Å². The number of carbonyl (C=O) groups excluding carboxylic acids is 1. The first-order valence-electron chi connectivity index (χ1n) is 6.46. The molecule has 0 aliphatic heterocycles. The van der Waals surface area contributed by atoms with Crippen LogP contribution in [0, 0.1) is 0 Å². The SMILES string of the molecule is CC(Oc1ccccc1[C@@H](C)O)C(=O)NC(C)(C)C. The zero-order valence-corrected chi connectivity index (χ0v) is 12.2. The highest BCUT2D eigenvalue weighted by Gasteiger charge is 2.21. The molecule has 0 radical (unpaired) electrons. The Morgan fingerprint density at radius 2 is 1.84 bits per heavy atom. The van der Waals surface area contributed by atoms with Crippen LogP contribution < -0.4 is 10.1 Å². The third kappa shape index (κ3) is 4.91. The van der Waals surface area contributed by atoms with Gasteiger partial charge in [0.25, 0.3) is 5.91 Å². The van der Waals surface area contributed by atoms with E-state index < -0.39 is 12.2 Å². The van der Waals surface area contributed by atoms with Gasteiger partial charge in [0.1, 0.15) is 5.75 Å². The van der Waals surface area contributed by atoms with Gasteiger partial charge < -0.3 is 15.2 Å². The molecule has 0 aliphatic carbocycles. The molecule has 0 heterocycles. The summed E-state index contributed by atoms with van der Waals surface area (Å²) in [5, 5.41) is 12.5. The number of carbonyl (C=O) groups is 1. The maximum atomic E-state index is 11.9. The maximum Gasteiger partial charge on any atom is 0.261 e. The quantitative estimate of drug-likeness (QED) is 0.879. The van der Waals surface area contributed by atoms with Gasteiger partial charge in [-0.15, -0.1) is 0 Å². The van der Waals surface area contributed by atoms with Crippen molar-refractivity contribution in [2.24, 2.45) is 0 Å². The standard InChI is InChI=1S/C15H23NO3/c1-10(17)12-8-6-7-9-13(12)19-11(2)14(18)16-15(3,4)5/h6-11,17H,1-5H3,(H,16,18)/t10-,11?/m1/s1. The maximum absolute atomic E-state index is 11.9. The van der Waals surface area contributed by atoms with Crippen molar-refractivity contribution in [2.75, 3.05) is 0 Å². The van der Waals surface area contributed by atoms with E-state index in [0.717, 1.165) is 0 Å². The van der Waals surface area contributed by atoms with Crippen molar-refractivity contribution < 1.29 is 14.6 Å². The molecular weight excluding hydrogens is 242 g/mol.